The Morgan fingerprint density at radius 1 is 1.33 bits per heavy atom. The van der Waals surface area contributed by atoms with Crippen molar-refractivity contribution in [2.45, 2.75) is 99.0 Å². The number of rotatable bonds is 6. The molecule has 2 rings (SSSR count). The number of aliphatic hydroxyl groups excluding tert-OH is 1. The van der Waals surface area contributed by atoms with E-state index in [1.807, 2.05) is 6.92 Å². The van der Waals surface area contributed by atoms with Crippen molar-refractivity contribution in [1.29, 1.82) is 0 Å². The molecule has 0 aromatic heterocycles. The first-order valence-electron chi connectivity index (χ1n) is 10.2. The summed E-state index contributed by atoms with van der Waals surface area (Å²) in [6.07, 6.45) is 14.6. The Hall–Kier alpha value is -0.560. The van der Waals surface area contributed by atoms with E-state index in [1.165, 1.54) is 44.1 Å². The molecular formula is C23H40O. The predicted octanol–water partition coefficient (Wildman–Crippen LogP) is 6.67. The van der Waals surface area contributed by atoms with Gasteiger partial charge in [-0.05, 0) is 88.4 Å². The van der Waals surface area contributed by atoms with Crippen molar-refractivity contribution in [3.63, 3.8) is 0 Å². The monoisotopic (exact) mass is 332 g/mol. The van der Waals surface area contributed by atoms with Gasteiger partial charge in [-0.1, -0.05) is 50.5 Å². The first-order chi connectivity index (χ1) is 11.2. The maximum atomic E-state index is 9.41. The largest absolute Gasteiger partial charge is 0.393 e. The van der Waals surface area contributed by atoms with Crippen molar-refractivity contribution in [3.8, 4) is 0 Å². The summed E-state index contributed by atoms with van der Waals surface area (Å²) >= 11 is 0. The highest BCUT2D eigenvalue weighted by Gasteiger charge is 2.51. The van der Waals surface area contributed by atoms with Gasteiger partial charge in [0.25, 0.3) is 0 Å². The highest BCUT2D eigenvalue weighted by atomic mass is 16.3. The van der Waals surface area contributed by atoms with Crippen LogP contribution in [0.4, 0.5) is 0 Å². The van der Waals surface area contributed by atoms with E-state index in [9.17, 15) is 5.11 Å². The lowest BCUT2D eigenvalue weighted by atomic mass is 9.48. The molecule has 0 unspecified atom stereocenters. The Kier molecular flexibility index (Phi) is 6.40. The molecule has 2 aliphatic carbocycles. The second-order valence-corrected chi connectivity index (χ2v) is 9.65. The van der Waals surface area contributed by atoms with Crippen molar-refractivity contribution in [3.05, 3.63) is 23.3 Å². The fourth-order valence-corrected chi connectivity index (χ4v) is 5.74. The molecule has 138 valence electrons. The Bertz CT molecular complexity index is 482. The average Bonchev–Trinajstić information content (AvgIpc) is 2.45. The average molecular weight is 333 g/mol. The van der Waals surface area contributed by atoms with E-state index in [0.717, 1.165) is 24.7 Å². The van der Waals surface area contributed by atoms with Crippen molar-refractivity contribution in [2.24, 2.45) is 22.7 Å². The zero-order valence-electron chi connectivity index (χ0n) is 17.0. The minimum atomic E-state index is -0.179. The van der Waals surface area contributed by atoms with Crippen LogP contribution in [0.1, 0.15) is 92.9 Å². The Morgan fingerprint density at radius 2 is 2.04 bits per heavy atom. The zero-order valence-corrected chi connectivity index (χ0v) is 17.0. The number of aliphatic hydroxyl groups is 1. The Labute approximate surface area is 150 Å². The summed E-state index contributed by atoms with van der Waals surface area (Å²) in [7, 11) is 0. The lowest BCUT2D eigenvalue weighted by molar-refractivity contribution is -0.0390. The molecule has 24 heavy (non-hydrogen) atoms. The van der Waals surface area contributed by atoms with Crippen LogP contribution in [0.3, 0.4) is 0 Å². The highest BCUT2D eigenvalue weighted by molar-refractivity contribution is 5.19. The minimum Gasteiger partial charge on any atom is -0.393 e. The van der Waals surface area contributed by atoms with Crippen LogP contribution in [-0.2, 0) is 0 Å². The summed E-state index contributed by atoms with van der Waals surface area (Å²) in [5.74, 6) is 1.59. The number of fused-ring (bicyclic) bond motifs is 1. The van der Waals surface area contributed by atoms with Gasteiger partial charge in [0, 0.05) is 0 Å². The van der Waals surface area contributed by atoms with Crippen molar-refractivity contribution < 1.29 is 5.11 Å². The molecule has 0 aromatic rings. The summed E-state index contributed by atoms with van der Waals surface area (Å²) in [4.78, 5) is 0. The third-order valence-electron chi connectivity index (χ3n) is 7.20. The third-order valence-corrected chi connectivity index (χ3v) is 7.20. The van der Waals surface area contributed by atoms with Gasteiger partial charge >= 0.3 is 0 Å². The highest BCUT2D eigenvalue weighted by Crippen LogP contribution is 2.60. The molecule has 1 saturated carbocycles. The molecule has 2 aliphatic rings. The standard InChI is InChI=1S/C23H40O/c1-17(9-7-10-19(3)24)11-13-20-18(2)12-14-21-22(4,5)15-8-16-23(20,21)6/h9,12,19-21,24H,7-8,10-11,13-16H2,1-6H3/b17-9+/t19-,20-,21+,23+/m1/s1. The van der Waals surface area contributed by atoms with Gasteiger partial charge in [0.15, 0.2) is 0 Å². The molecule has 0 aliphatic heterocycles. The Balaban J connectivity index is 2.05. The summed E-state index contributed by atoms with van der Waals surface area (Å²) in [6.45, 7) is 14.1. The minimum absolute atomic E-state index is 0.179. The van der Waals surface area contributed by atoms with Crippen LogP contribution in [0.2, 0.25) is 0 Å². The van der Waals surface area contributed by atoms with E-state index in [1.54, 1.807) is 5.57 Å². The van der Waals surface area contributed by atoms with Gasteiger partial charge < -0.3 is 5.11 Å². The number of hydrogen-bond acceptors (Lipinski definition) is 1. The maximum absolute atomic E-state index is 9.41. The van der Waals surface area contributed by atoms with E-state index in [4.69, 9.17) is 0 Å². The summed E-state index contributed by atoms with van der Waals surface area (Å²) in [5, 5.41) is 9.41. The molecule has 0 amide bonds. The van der Waals surface area contributed by atoms with E-state index < -0.39 is 0 Å². The van der Waals surface area contributed by atoms with Gasteiger partial charge in [0.2, 0.25) is 0 Å². The van der Waals surface area contributed by atoms with E-state index in [0.29, 0.717) is 10.8 Å². The molecular weight excluding hydrogens is 292 g/mol. The molecule has 1 N–H and O–H groups in total. The van der Waals surface area contributed by atoms with Crippen LogP contribution in [0.15, 0.2) is 23.3 Å². The fourth-order valence-electron chi connectivity index (χ4n) is 5.74. The smallest absolute Gasteiger partial charge is 0.0515 e. The zero-order chi connectivity index (χ0) is 18.0. The predicted molar refractivity (Wildman–Crippen MR) is 105 cm³/mol. The molecule has 0 spiro atoms. The normalized spacial score (nSPS) is 34.5. The van der Waals surface area contributed by atoms with Gasteiger partial charge in [-0.3, -0.25) is 0 Å². The lowest BCUT2D eigenvalue weighted by Crippen LogP contribution is -2.48. The number of allylic oxidation sites excluding steroid dienone is 4. The van der Waals surface area contributed by atoms with Gasteiger partial charge in [-0.2, -0.15) is 0 Å². The molecule has 4 atom stereocenters. The summed E-state index contributed by atoms with van der Waals surface area (Å²) < 4.78 is 0. The summed E-state index contributed by atoms with van der Waals surface area (Å²) in [5.41, 5.74) is 4.12. The lowest BCUT2D eigenvalue weighted by Gasteiger charge is -2.57. The van der Waals surface area contributed by atoms with Crippen molar-refractivity contribution in [2.75, 3.05) is 0 Å². The summed E-state index contributed by atoms with van der Waals surface area (Å²) in [6, 6.07) is 0. The molecule has 1 fully saturated rings. The first kappa shape index (κ1) is 19.8. The molecule has 1 heteroatoms. The maximum Gasteiger partial charge on any atom is 0.0515 e. The van der Waals surface area contributed by atoms with Gasteiger partial charge in [-0.25, -0.2) is 0 Å². The SMILES string of the molecule is CC1=CC[C@H]2C(C)(C)CCC[C@@]2(C)[C@@H]1CC/C(C)=C/CC[C@@H](C)O. The number of hydrogen-bond donors (Lipinski definition) is 1. The van der Waals surface area contributed by atoms with Crippen LogP contribution in [-0.4, -0.2) is 11.2 Å². The van der Waals surface area contributed by atoms with E-state index >= 15 is 0 Å². The van der Waals surface area contributed by atoms with Gasteiger partial charge in [0.1, 0.15) is 0 Å². The van der Waals surface area contributed by atoms with Gasteiger partial charge in [0.05, 0.1) is 6.10 Å². The van der Waals surface area contributed by atoms with E-state index in [-0.39, 0.29) is 6.10 Å². The van der Waals surface area contributed by atoms with Crippen LogP contribution < -0.4 is 0 Å². The molecule has 0 bridgehead atoms. The molecule has 1 nitrogen and oxygen atoms in total. The van der Waals surface area contributed by atoms with Crippen LogP contribution >= 0.6 is 0 Å². The second-order valence-electron chi connectivity index (χ2n) is 9.65. The second kappa shape index (κ2) is 7.77. The van der Waals surface area contributed by atoms with E-state index in [2.05, 4.69) is 46.8 Å². The van der Waals surface area contributed by atoms with Crippen molar-refractivity contribution in [1.82, 2.24) is 0 Å². The topological polar surface area (TPSA) is 20.2 Å². The van der Waals surface area contributed by atoms with Crippen LogP contribution in [0, 0.1) is 22.7 Å². The van der Waals surface area contributed by atoms with Gasteiger partial charge in [-0.15, -0.1) is 0 Å². The Morgan fingerprint density at radius 3 is 2.71 bits per heavy atom. The quantitative estimate of drug-likeness (QED) is 0.538. The fraction of sp³-hybridized carbons (Fsp3) is 0.826. The van der Waals surface area contributed by atoms with Crippen LogP contribution in [0.5, 0.6) is 0 Å². The van der Waals surface area contributed by atoms with Crippen molar-refractivity contribution >= 4 is 0 Å². The van der Waals surface area contributed by atoms with Crippen LogP contribution in [0.25, 0.3) is 0 Å². The third kappa shape index (κ3) is 4.34. The molecule has 0 radical (unpaired) electrons. The molecule has 0 saturated heterocycles. The molecule has 0 heterocycles. The first-order valence-corrected chi connectivity index (χ1v) is 10.2. The molecule has 0 aromatic carbocycles.